The largest absolute Gasteiger partial charge is 0.458 e. The van der Waals surface area contributed by atoms with Gasteiger partial charge in [-0.15, -0.1) is 0 Å². The number of hydrogen-bond donors (Lipinski definition) is 0. The zero-order valence-corrected chi connectivity index (χ0v) is 12.6. The van der Waals surface area contributed by atoms with E-state index >= 15 is 0 Å². The van der Waals surface area contributed by atoms with E-state index in [9.17, 15) is 18.0 Å². The first-order valence-corrected chi connectivity index (χ1v) is 8.11. The van der Waals surface area contributed by atoms with Crippen LogP contribution in [-0.4, -0.2) is 31.0 Å². The highest BCUT2D eigenvalue weighted by Gasteiger charge is 2.40. The molecule has 0 unspecified atom stereocenters. The van der Waals surface area contributed by atoms with Gasteiger partial charge in [0.05, 0.1) is 5.56 Å². The fraction of sp³-hybridized carbons (Fsp3) is 0.200. The summed E-state index contributed by atoms with van der Waals surface area (Å²) in [6.07, 6.45) is -0.119. The predicted molar refractivity (Wildman–Crippen MR) is 77.1 cm³/mol. The van der Waals surface area contributed by atoms with Gasteiger partial charge >= 0.3 is 0 Å². The van der Waals surface area contributed by atoms with Crippen LogP contribution in [-0.2, 0) is 10.0 Å². The maximum atomic E-state index is 12.3. The third-order valence-electron chi connectivity index (χ3n) is 3.47. The van der Waals surface area contributed by atoms with Gasteiger partial charge in [-0.05, 0) is 31.2 Å². The zero-order chi connectivity index (χ0) is 15.9. The topological polar surface area (TPSA) is 84.7 Å². The molecule has 1 aromatic carbocycles. The third kappa shape index (κ3) is 2.23. The Labute approximate surface area is 127 Å². The first-order chi connectivity index (χ1) is 10.4. The average molecular weight is 319 g/mol. The van der Waals surface area contributed by atoms with Crippen LogP contribution in [0.25, 0.3) is 0 Å². The smallest absolute Gasteiger partial charge is 0.269 e. The van der Waals surface area contributed by atoms with Gasteiger partial charge in [0.25, 0.3) is 15.9 Å². The Hall–Kier alpha value is -2.41. The van der Waals surface area contributed by atoms with Crippen molar-refractivity contribution in [2.75, 3.05) is 6.54 Å². The number of Topliss-reactive ketones (excluding diaryl/α,β-unsaturated/α-hetero) is 1. The molecule has 0 aliphatic carbocycles. The van der Waals surface area contributed by atoms with Crippen molar-refractivity contribution in [2.24, 2.45) is 0 Å². The predicted octanol–water partition coefficient (Wildman–Crippen LogP) is 2.01. The van der Waals surface area contributed by atoms with Crippen molar-refractivity contribution in [3.8, 4) is 0 Å². The van der Waals surface area contributed by atoms with Crippen molar-refractivity contribution in [3.63, 3.8) is 0 Å². The molecule has 1 amide bonds. The van der Waals surface area contributed by atoms with E-state index in [1.165, 1.54) is 18.2 Å². The Morgan fingerprint density at radius 2 is 1.91 bits per heavy atom. The molecule has 114 valence electrons. The summed E-state index contributed by atoms with van der Waals surface area (Å²) in [5.74, 6) is -0.175. The van der Waals surface area contributed by atoms with Gasteiger partial charge in [-0.25, -0.2) is 12.7 Å². The molecule has 0 saturated carbocycles. The van der Waals surface area contributed by atoms with E-state index in [0.29, 0.717) is 5.76 Å². The molecule has 22 heavy (non-hydrogen) atoms. The molecule has 0 spiro atoms. The van der Waals surface area contributed by atoms with Crippen molar-refractivity contribution in [3.05, 3.63) is 53.5 Å². The maximum absolute atomic E-state index is 12.3. The lowest BCUT2D eigenvalue weighted by molar-refractivity contribution is 0.0855. The van der Waals surface area contributed by atoms with Crippen LogP contribution in [0, 0.1) is 6.92 Å². The van der Waals surface area contributed by atoms with E-state index in [0.717, 1.165) is 4.31 Å². The molecule has 3 rings (SSSR count). The van der Waals surface area contributed by atoms with Crippen LogP contribution < -0.4 is 0 Å². The second kappa shape index (κ2) is 5.10. The van der Waals surface area contributed by atoms with Crippen molar-refractivity contribution in [1.82, 2.24) is 4.31 Å². The molecular weight excluding hydrogens is 306 g/mol. The molecule has 0 fully saturated rings. The van der Waals surface area contributed by atoms with E-state index in [4.69, 9.17) is 4.42 Å². The Balaban J connectivity index is 1.80. The number of ketones is 1. The number of benzene rings is 1. The van der Waals surface area contributed by atoms with Gasteiger partial charge < -0.3 is 4.42 Å². The van der Waals surface area contributed by atoms with E-state index in [1.807, 2.05) is 0 Å². The Morgan fingerprint density at radius 1 is 1.18 bits per heavy atom. The second-order valence-electron chi connectivity index (χ2n) is 4.96. The van der Waals surface area contributed by atoms with Crippen LogP contribution in [0.3, 0.4) is 0 Å². The number of aryl methyl sites for hydroxylation is 1. The highest BCUT2D eigenvalue weighted by molar-refractivity contribution is 7.90. The number of nitrogens with zero attached hydrogens (tertiary/aromatic N) is 1. The molecule has 1 aromatic heterocycles. The standard InChI is InChI=1S/C15H13NO5S/c1-10-6-7-13(21-10)12(17)8-9-16-15(18)11-4-2-3-5-14(11)22(16,19)20/h2-7H,8-9H2,1H3. The number of carbonyl (C=O) groups is 2. The molecule has 6 nitrogen and oxygen atoms in total. The third-order valence-corrected chi connectivity index (χ3v) is 5.31. The Morgan fingerprint density at radius 3 is 2.55 bits per heavy atom. The van der Waals surface area contributed by atoms with Crippen LogP contribution in [0.4, 0.5) is 0 Å². The molecule has 2 heterocycles. The minimum absolute atomic E-state index is 0.0127. The van der Waals surface area contributed by atoms with Crippen molar-refractivity contribution in [2.45, 2.75) is 18.2 Å². The molecule has 2 aromatic rings. The average Bonchev–Trinajstić information content (AvgIpc) is 3.00. The molecule has 0 N–H and O–H groups in total. The van der Waals surface area contributed by atoms with Crippen LogP contribution in [0.5, 0.6) is 0 Å². The Kier molecular flexibility index (Phi) is 3.37. The summed E-state index contributed by atoms with van der Waals surface area (Å²) in [6, 6.07) is 9.21. The van der Waals surface area contributed by atoms with Crippen molar-refractivity contribution in [1.29, 1.82) is 0 Å². The monoisotopic (exact) mass is 319 g/mol. The fourth-order valence-corrected chi connectivity index (χ4v) is 3.93. The lowest BCUT2D eigenvalue weighted by atomic mass is 10.2. The molecule has 0 radical (unpaired) electrons. The van der Waals surface area contributed by atoms with E-state index in [2.05, 4.69) is 0 Å². The van der Waals surface area contributed by atoms with Crippen LogP contribution in [0.15, 0.2) is 45.7 Å². The van der Waals surface area contributed by atoms with Crippen molar-refractivity contribution < 1.29 is 22.4 Å². The van der Waals surface area contributed by atoms with E-state index in [-0.39, 0.29) is 35.0 Å². The summed E-state index contributed by atoms with van der Waals surface area (Å²) in [7, 11) is -3.87. The van der Waals surface area contributed by atoms with Crippen LogP contribution in [0.2, 0.25) is 0 Å². The van der Waals surface area contributed by atoms with Gasteiger partial charge in [-0.2, -0.15) is 0 Å². The second-order valence-corrected chi connectivity index (χ2v) is 6.79. The molecular formula is C15H13NO5S. The van der Waals surface area contributed by atoms with Gasteiger partial charge in [0, 0.05) is 13.0 Å². The van der Waals surface area contributed by atoms with Gasteiger partial charge in [0.15, 0.2) is 11.5 Å². The molecule has 0 saturated heterocycles. The van der Waals surface area contributed by atoms with Crippen molar-refractivity contribution >= 4 is 21.7 Å². The summed E-state index contributed by atoms with van der Waals surface area (Å²) in [6.45, 7) is 1.51. The minimum Gasteiger partial charge on any atom is -0.458 e. The lowest BCUT2D eigenvalue weighted by Gasteiger charge is -2.13. The minimum atomic E-state index is -3.87. The van der Waals surface area contributed by atoms with E-state index in [1.54, 1.807) is 25.1 Å². The van der Waals surface area contributed by atoms with Crippen LogP contribution >= 0.6 is 0 Å². The highest BCUT2D eigenvalue weighted by atomic mass is 32.2. The normalized spacial score (nSPS) is 15.9. The molecule has 1 aliphatic heterocycles. The summed E-state index contributed by atoms with van der Waals surface area (Å²) in [4.78, 5) is 24.1. The number of fused-ring (bicyclic) bond motifs is 1. The van der Waals surface area contributed by atoms with Crippen LogP contribution in [0.1, 0.15) is 33.1 Å². The number of carbonyl (C=O) groups excluding carboxylic acids is 2. The van der Waals surface area contributed by atoms with E-state index < -0.39 is 15.9 Å². The Bertz CT molecular complexity index is 866. The van der Waals surface area contributed by atoms with Gasteiger partial charge in [0.2, 0.25) is 0 Å². The SMILES string of the molecule is Cc1ccc(C(=O)CCN2C(=O)c3ccccc3S2(=O)=O)o1. The summed E-state index contributed by atoms with van der Waals surface area (Å²) in [5, 5.41) is 0. The van der Waals surface area contributed by atoms with Gasteiger partial charge in [-0.3, -0.25) is 9.59 Å². The highest BCUT2D eigenvalue weighted by Crippen LogP contribution is 2.30. The number of hydrogen-bond acceptors (Lipinski definition) is 5. The molecule has 0 bridgehead atoms. The number of amides is 1. The first-order valence-electron chi connectivity index (χ1n) is 6.67. The quantitative estimate of drug-likeness (QED) is 0.805. The lowest BCUT2D eigenvalue weighted by Crippen LogP contribution is -2.32. The van der Waals surface area contributed by atoms with Gasteiger partial charge in [-0.1, -0.05) is 12.1 Å². The molecule has 0 atom stereocenters. The fourth-order valence-electron chi connectivity index (χ4n) is 2.36. The van der Waals surface area contributed by atoms with Gasteiger partial charge in [0.1, 0.15) is 10.7 Å². The maximum Gasteiger partial charge on any atom is 0.269 e. The number of sulfonamides is 1. The summed E-state index contributed by atoms with van der Waals surface area (Å²) < 4.78 is 30.6. The summed E-state index contributed by atoms with van der Waals surface area (Å²) in [5.41, 5.74) is 0.142. The summed E-state index contributed by atoms with van der Waals surface area (Å²) >= 11 is 0. The zero-order valence-electron chi connectivity index (χ0n) is 11.8. The molecule has 7 heteroatoms. The number of rotatable bonds is 4. The molecule has 1 aliphatic rings. The number of furan rings is 1. The first kappa shape index (κ1) is 14.5.